The van der Waals surface area contributed by atoms with Crippen LogP contribution in [0.25, 0.3) is 0 Å². The van der Waals surface area contributed by atoms with Crippen LogP contribution in [0.4, 0.5) is 5.82 Å². The fourth-order valence-corrected chi connectivity index (χ4v) is 5.17. The number of pyridine rings is 1. The van der Waals surface area contributed by atoms with Crippen molar-refractivity contribution < 1.29 is 0 Å². The Bertz CT molecular complexity index is 1180. The first kappa shape index (κ1) is 25.6. The van der Waals surface area contributed by atoms with Crippen LogP contribution in [0.1, 0.15) is 58.2 Å². The molecule has 3 heterocycles. The van der Waals surface area contributed by atoms with Crippen molar-refractivity contribution in [2.75, 3.05) is 18.4 Å². The highest BCUT2D eigenvalue weighted by molar-refractivity contribution is 8.06. The molecule has 0 spiro atoms. The molecule has 8 nitrogen and oxygen atoms in total. The predicted octanol–water partition coefficient (Wildman–Crippen LogP) is 5.96. The quantitative estimate of drug-likeness (QED) is 0.339. The van der Waals surface area contributed by atoms with Gasteiger partial charge in [0.15, 0.2) is 5.82 Å². The smallest absolute Gasteiger partial charge is 0.177 e. The van der Waals surface area contributed by atoms with Gasteiger partial charge in [-0.2, -0.15) is 5.21 Å². The molecule has 0 saturated carbocycles. The van der Waals surface area contributed by atoms with Gasteiger partial charge in [0.1, 0.15) is 11.7 Å². The third-order valence-corrected chi connectivity index (χ3v) is 7.34. The number of rotatable bonds is 8. The number of H-pyrrole nitrogens is 1. The lowest BCUT2D eigenvalue weighted by atomic mass is 9.93. The van der Waals surface area contributed by atoms with Crippen molar-refractivity contribution in [3.63, 3.8) is 0 Å². The average molecular weight is 503 g/mol. The Morgan fingerprint density at radius 3 is 2.81 bits per heavy atom. The van der Waals surface area contributed by atoms with E-state index < -0.39 is 0 Å². The molecule has 2 aliphatic rings. The molecule has 9 heteroatoms. The fourth-order valence-electron chi connectivity index (χ4n) is 4.39. The van der Waals surface area contributed by atoms with Crippen LogP contribution in [0, 0.1) is 0 Å². The normalized spacial score (nSPS) is 17.8. The third-order valence-electron chi connectivity index (χ3n) is 6.37. The number of nitrogens with zero attached hydrogens (tertiary/aromatic N) is 6. The van der Waals surface area contributed by atoms with Crippen molar-refractivity contribution >= 4 is 23.4 Å². The van der Waals surface area contributed by atoms with Gasteiger partial charge in [0.25, 0.3) is 0 Å². The minimum Gasteiger partial charge on any atom is -0.372 e. The van der Waals surface area contributed by atoms with Gasteiger partial charge < -0.3 is 10.2 Å². The Labute approximate surface area is 217 Å². The summed E-state index contributed by atoms with van der Waals surface area (Å²) < 4.78 is 0. The third kappa shape index (κ3) is 6.81. The summed E-state index contributed by atoms with van der Waals surface area (Å²) in [6.07, 6.45) is 14.3. The number of nitrogens with one attached hydrogen (secondary N) is 2. The lowest BCUT2D eigenvalue weighted by Gasteiger charge is -2.35. The number of allylic oxidation sites excluding steroid dienone is 6. The minimum absolute atomic E-state index is 0.365. The summed E-state index contributed by atoms with van der Waals surface area (Å²) >= 11 is 1.73. The molecule has 188 valence electrons. The zero-order chi connectivity index (χ0) is 25.3. The summed E-state index contributed by atoms with van der Waals surface area (Å²) in [7, 11) is 0. The summed E-state index contributed by atoms with van der Waals surface area (Å²) in [5.74, 6) is 2.78. The predicted molar refractivity (Wildman–Crippen MR) is 148 cm³/mol. The lowest BCUT2D eigenvalue weighted by Crippen LogP contribution is -2.33. The summed E-state index contributed by atoms with van der Waals surface area (Å²) in [6, 6.07) is 5.77. The molecule has 4 rings (SSSR count). The van der Waals surface area contributed by atoms with Crippen LogP contribution >= 0.6 is 11.8 Å². The number of anilines is 1. The monoisotopic (exact) mass is 502 g/mol. The lowest BCUT2D eigenvalue weighted by molar-refractivity contribution is 0.262. The maximum absolute atomic E-state index is 4.55. The van der Waals surface area contributed by atoms with E-state index >= 15 is 0 Å². The highest BCUT2D eigenvalue weighted by atomic mass is 32.2. The SMILES string of the molecule is C=C(C1=C(CC)C=CC(S/C(C)=C/N=C(C)Nc2ccccn2)=CC1)N1CCC(c2nn[nH]n2)CC1. The fraction of sp³-hybridized carbons (Fsp3) is 0.370. The summed E-state index contributed by atoms with van der Waals surface area (Å²) in [4.78, 5) is 13.6. The molecule has 0 aromatic carbocycles. The molecule has 2 aromatic heterocycles. The van der Waals surface area contributed by atoms with Crippen molar-refractivity contribution in [1.82, 2.24) is 30.5 Å². The molecule has 36 heavy (non-hydrogen) atoms. The van der Waals surface area contributed by atoms with Crippen molar-refractivity contribution in [2.45, 2.75) is 52.4 Å². The van der Waals surface area contributed by atoms with Gasteiger partial charge in [0.05, 0.1) is 0 Å². The van der Waals surface area contributed by atoms with E-state index in [1.54, 1.807) is 18.0 Å². The van der Waals surface area contributed by atoms with Crippen molar-refractivity contribution in [2.24, 2.45) is 4.99 Å². The van der Waals surface area contributed by atoms with Crippen LogP contribution in [-0.4, -0.2) is 49.4 Å². The molecule has 0 radical (unpaired) electrons. The molecule has 0 unspecified atom stereocenters. The van der Waals surface area contributed by atoms with E-state index in [9.17, 15) is 0 Å². The Kier molecular flexibility index (Phi) is 8.89. The van der Waals surface area contributed by atoms with E-state index in [1.165, 1.54) is 16.1 Å². The molecule has 2 aromatic rings. The second-order valence-corrected chi connectivity index (χ2v) is 10.2. The highest BCUT2D eigenvalue weighted by Gasteiger charge is 2.25. The summed E-state index contributed by atoms with van der Waals surface area (Å²) in [5, 5.41) is 17.8. The number of hydrogen-bond acceptors (Lipinski definition) is 7. The number of tetrazole rings is 1. The van der Waals surface area contributed by atoms with Crippen LogP contribution in [0.2, 0.25) is 0 Å². The second-order valence-electron chi connectivity index (χ2n) is 8.88. The Morgan fingerprint density at radius 2 is 2.11 bits per heavy atom. The summed E-state index contributed by atoms with van der Waals surface area (Å²) in [6.45, 7) is 12.7. The molecule has 2 N–H and O–H groups in total. The first-order valence-corrected chi connectivity index (χ1v) is 13.2. The Morgan fingerprint density at radius 1 is 1.28 bits per heavy atom. The van der Waals surface area contributed by atoms with Gasteiger partial charge in [-0.25, -0.2) is 9.98 Å². The van der Waals surface area contributed by atoms with Crippen molar-refractivity contribution in [3.8, 4) is 0 Å². The number of piperidine rings is 1. The molecule has 1 saturated heterocycles. The molecular formula is C27H34N8S. The van der Waals surface area contributed by atoms with Gasteiger partial charge in [-0.05, 0) is 68.9 Å². The van der Waals surface area contributed by atoms with Gasteiger partial charge >= 0.3 is 0 Å². The molecule has 0 bridgehead atoms. The standard InChI is InChI=1S/C27H34N8S/c1-5-22-9-10-24(36-19(2)18-29-21(4)30-26-8-6-7-15-28-26)11-12-25(22)20(3)35-16-13-23(14-17-35)27-31-33-34-32-27/h6-11,15,18,23H,3,5,12-14,16-17H2,1-2,4H3,(H,28,29,30)(H,31,32,33,34)/b19-18+. The zero-order valence-corrected chi connectivity index (χ0v) is 22.1. The molecule has 1 aliphatic carbocycles. The van der Waals surface area contributed by atoms with Crippen molar-refractivity contribution in [3.05, 3.63) is 87.9 Å². The van der Waals surface area contributed by atoms with Crippen LogP contribution in [0.5, 0.6) is 0 Å². The first-order chi connectivity index (χ1) is 17.5. The van der Waals surface area contributed by atoms with E-state index in [-0.39, 0.29) is 0 Å². The number of aromatic amines is 1. The topological polar surface area (TPSA) is 95.0 Å². The van der Waals surface area contributed by atoms with Crippen LogP contribution in [-0.2, 0) is 0 Å². The van der Waals surface area contributed by atoms with Crippen LogP contribution < -0.4 is 5.32 Å². The number of aliphatic imine (C=N–C) groups is 1. The average Bonchev–Trinajstić information content (AvgIpc) is 3.37. The maximum Gasteiger partial charge on any atom is 0.177 e. The number of amidine groups is 1. The highest BCUT2D eigenvalue weighted by Crippen LogP contribution is 2.35. The Hall–Kier alpha value is -3.46. The van der Waals surface area contributed by atoms with Gasteiger partial charge in [-0.3, -0.25) is 0 Å². The second kappa shape index (κ2) is 12.5. The largest absolute Gasteiger partial charge is 0.372 e. The zero-order valence-electron chi connectivity index (χ0n) is 21.2. The number of likely N-dealkylation sites (tertiary alicyclic amines) is 1. The molecule has 0 amide bonds. The van der Waals surface area contributed by atoms with E-state index in [4.69, 9.17) is 0 Å². The van der Waals surface area contributed by atoms with E-state index in [2.05, 4.69) is 79.5 Å². The van der Waals surface area contributed by atoms with Gasteiger partial charge in [0.2, 0.25) is 0 Å². The van der Waals surface area contributed by atoms with Crippen LogP contribution in [0.15, 0.2) is 87.0 Å². The van der Waals surface area contributed by atoms with Gasteiger partial charge in [0, 0.05) is 46.9 Å². The summed E-state index contributed by atoms with van der Waals surface area (Å²) in [5.41, 5.74) is 3.82. The maximum atomic E-state index is 4.55. The Balaban J connectivity index is 1.35. The van der Waals surface area contributed by atoms with E-state index in [0.717, 1.165) is 66.9 Å². The minimum atomic E-state index is 0.365. The molecule has 1 fully saturated rings. The van der Waals surface area contributed by atoms with E-state index in [1.807, 2.05) is 31.3 Å². The first-order valence-electron chi connectivity index (χ1n) is 12.4. The molecule has 1 aliphatic heterocycles. The van der Waals surface area contributed by atoms with Gasteiger partial charge in [-0.1, -0.05) is 48.7 Å². The number of aromatic nitrogens is 5. The van der Waals surface area contributed by atoms with E-state index in [0.29, 0.717) is 5.92 Å². The van der Waals surface area contributed by atoms with Gasteiger partial charge in [-0.15, -0.1) is 10.2 Å². The molecule has 0 atom stereocenters. The van der Waals surface area contributed by atoms with Crippen LogP contribution in [0.3, 0.4) is 0 Å². The van der Waals surface area contributed by atoms with Crippen molar-refractivity contribution in [1.29, 1.82) is 0 Å². The number of hydrogen-bond donors (Lipinski definition) is 2. The number of thioether (sulfide) groups is 1. The molecular weight excluding hydrogens is 468 g/mol.